The summed E-state index contributed by atoms with van der Waals surface area (Å²) in [5.74, 6) is 0.494. The zero-order valence-corrected chi connectivity index (χ0v) is 25.2. The van der Waals surface area contributed by atoms with E-state index in [-0.39, 0.29) is 18.5 Å². The molecule has 0 radical (unpaired) electrons. The van der Waals surface area contributed by atoms with Crippen molar-refractivity contribution < 1.29 is 27.5 Å². The standard InChI is InChI=1S/C32H39N3O6S/c1-24(32(37)33-27-11-7-8-12-27)34(21-25-13-17-29(40-2)18-14-25)31(36)22-35(42(3,38)39)28-15-19-30(20-16-28)41-23-26-9-5-4-6-10-26/h4-6,9-10,13-20,24,27H,7-8,11-12,21-23H2,1-3H3,(H,33,37)/t24-/m0/s1. The van der Waals surface area contributed by atoms with Gasteiger partial charge in [-0.2, -0.15) is 0 Å². The van der Waals surface area contributed by atoms with Crippen LogP contribution in [0.4, 0.5) is 5.69 Å². The molecule has 1 N–H and O–H groups in total. The van der Waals surface area contributed by atoms with E-state index >= 15 is 0 Å². The number of anilines is 1. The molecule has 2 amide bonds. The van der Waals surface area contributed by atoms with Gasteiger partial charge in [-0.1, -0.05) is 55.3 Å². The molecular weight excluding hydrogens is 554 g/mol. The highest BCUT2D eigenvalue weighted by molar-refractivity contribution is 7.92. The second-order valence-electron chi connectivity index (χ2n) is 10.6. The van der Waals surface area contributed by atoms with E-state index in [0.29, 0.717) is 23.8 Å². The van der Waals surface area contributed by atoms with Crippen molar-refractivity contribution in [1.82, 2.24) is 10.2 Å². The number of rotatable bonds is 13. The van der Waals surface area contributed by atoms with Crippen LogP contribution in [-0.2, 0) is 32.8 Å². The molecule has 10 heteroatoms. The van der Waals surface area contributed by atoms with Crippen LogP contribution in [0.25, 0.3) is 0 Å². The van der Waals surface area contributed by atoms with Gasteiger partial charge in [-0.15, -0.1) is 0 Å². The molecule has 1 fully saturated rings. The van der Waals surface area contributed by atoms with Crippen LogP contribution in [0.1, 0.15) is 43.7 Å². The van der Waals surface area contributed by atoms with Crippen LogP contribution in [0.3, 0.4) is 0 Å². The lowest BCUT2D eigenvalue weighted by molar-refractivity contribution is -0.139. The summed E-state index contributed by atoms with van der Waals surface area (Å²) in [6.07, 6.45) is 5.01. The van der Waals surface area contributed by atoms with E-state index in [1.165, 1.54) is 4.90 Å². The number of hydrogen-bond donors (Lipinski definition) is 1. The predicted octanol–water partition coefficient (Wildman–Crippen LogP) is 4.52. The van der Waals surface area contributed by atoms with E-state index in [2.05, 4.69) is 5.32 Å². The summed E-state index contributed by atoms with van der Waals surface area (Å²) >= 11 is 0. The Hall–Kier alpha value is -4.05. The second-order valence-corrected chi connectivity index (χ2v) is 12.5. The average Bonchev–Trinajstić information content (AvgIpc) is 3.51. The van der Waals surface area contributed by atoms with Gasteiger partial charge in [0.25, 0.3) is 0 Å². The second kappa shape index (κ2) is 14.2. The lowest BCUT2D eigenvalue weighted by Gasteiger charge is -2.32. The number of nitrogens with one attached hydrogen (secondary N) is 1. The van der Waals surface area contributed by atoms with Gasteiger partial charge in [0.1, 0.15) is 30.7 Å². The Labute approximate surface area is 248 Å². The third-order valence-corrected chi connectivity index (χ3v) is 8.57. The largest absolute Gasteiger partial charge is 0.497 e. The van der Waals surface area contributed by atoms with Crippen molar-refractivity contribution in [2.45, 2.75) is 57.8 Å². The highest BCUT2D eigenvalue weighted by atomic mass is 32.2. The SMILES string of the molecule is COc1ccc(CN(C(=O)CN(c2ccc(OCc3ccccc3)cc2)S(C)(=O)=O)[C@@H](C)C(=O)NC2CCCC2)cc1. The van der Waals surface area contributed by atoms with Crippen LogP contribution in [0.2, 0.25) is 0 Å². The lowest BCUT2D eigenvalue weighted by Crippen LogP contribution is -2.52. The molecule has 0 aromatic heterocycles. The number of methoxy groups -OCH3 is 1. The van der Waals surface area contributed by atoms with Gasteiger partial charge in [-0.25, -0.2) is 8.42 Å². The van der Waals surface area contributed by atoms with Crippen molar-refractivity contribution in [2.75, 3.05) is 24.2 Å². The van der Waals surface area contributed by atoms with Crippen LogP contribution in [0.15, 0.2) is 78.9 Å². The zero-order valence-electron chi connectivity index (χ0n) is 24.4. The van der Waals surface area contributed by atoms with Gasteiger partial charge in [0, 0.05) is 12.6 Å². The smallest absolute Gasteiger partial charge is 0.244 e. The summed E-state index contributed by atoms with van der Waals surface area (Å²) in [6, 6.07) is 22.8. The summed E-state index contributed by atoms with van der Waals surface area (Å²) in [5.41, 5.74) is 2.12. The zero-order chi connectivity index (χ0) is 30.1. The number of amides is 2. The minimum absolute atomic E-state index is 0.0908. The van der Waals surface area contributed by atoms with Gasteiger partial charge in [0.2, 0.25) is 21.8 Å². The summed E-state index contributed by atoms with van der Waals surface area (Å²) in [6.45, 7) is 1.72. The first kappa shape index (κ1) is 30.9. The molecule has 0 spiro atoms. The number of hydrogen-bond acceptors (Lipinski definition) is 6. The molecule has 1 aliphatic carbocycles. The lowest BCUT2D eigenvalue weighted by atomic mass is 10.1. The molecule has 0 heterocycles. The number of carbonyl (C=O) groups is 2. The van der Waals surface area contributed by atoms with E-state index in [9.17, 15) is 18.0 Å². The predicted molar refractivity (Wildman–Crippen MR) is 163 cm³/mol. The minimum atomic E-state index is -3.83. The monoisotopic (exact) mass is 593 g/mol. The van der Waals surface area contributed by atoms with Crippen LogP contribution < -0.4 is 19.1 Å². The fourth-order valence-electron chi connectivity index (χ4n) is 4.97. The molecular formula is C32H39N3O6S. The minimum Gasteiger partial charge on any atom is -0.497 e. The Morgan fingerprint density at radius 2 is 1.52 bits per heavy atom. The molecule has 1 aliphatic rings. The third kappa shape index (κ3) is 8.48. The Morgan fingerprint density at radius 1 is 0.905 bits per heavy atom. The van der Waals surface area contributed by atoms with Crippen LogP contribution in [0.5, 0.6) is 11.5 Å². The maximum absolute atomic E-state index is 13.8. The van der Waals surface area contributed by atoms with Crippen LogP contribution in [0, 0.1) is 0 Å². The van der Waals surface area contributed by atoms with E-state index in [4.69, 9.17) is 9.47 Å². The number of nitrogens with zero attached hydrogens (tertiary/aromatic N) is 2. The molecule has 1 saturated carbocycles. The number of carbonyl (C=O) groups excluding carboxylic acids is 2. The Kier molecular flexibility index (Phi) is 10.5. The molecule has 42 heavy (non-hydrogen) atoms. The molecule has 0 bridgehead atoms. The topological polar surface area (TPSA) is 105 Å². The molecule has 224 valence electrons. The van der Waals surface area contributed by atoms with Crippen molar-refractivity contribution in [2.24, 2.45) is 0 Å². The van der Waals surface area contributed by atoms with Crippen molar-refractivity contribution in [3.63, 3.8) is 0 Å². The molecule has 9 nitrogen and oxygen atoms in total. The number of benzene rings is 3. The van der Waals surface area contributed by atoms with Gasteiger partial charge in [-0.05, 0) is 67.3 Å². The summed E-state index contributed by atoms with van der Waals surface area (Å²) in [5, 5.41) is 3.06. The van der Waals surface area contributed by atoms with Gasteiger partial charge in [-0.3, -0.25) is 13.9 Å². The first-order valence-corrected chi connectivity index (χ1v) is 16.0. The average molecular weight is 594 g/mol. The van der Waals surface area contributed by atoms with Crippen molar-refractivity contribution >= 4 is 27.5 Å². The maximum atomic E-state index is 13.8. The van der Waals surface area contributed by atoms with E-state index in [0.717, 1.165) is 47.4 Å². The highest BCUT2D eigenvalue weighted by Crippen LogP contribution is 2.24. The first-order valence-electron chi connectivity index (χ1n) is 14.1. The Morgan fingerprint density at radius 3 is 2.12 bits per heavy atom. The number of ether oxygens (including phenoxy) is 2. The molecule has 0 aliphatic heterocycles. The molecule has 4 rings (SSSR count). The molecule has 3 aromatic carbocycles. The maximum Gasteiger partial charge on any atom is 0.244 e. The van der Waals surface area contributed by atoms with Crippen LogP contribution >= 0.6 is 0 Å². The first-order chi connectivity index (χ1) is 20.1. The Bertz CT molecular complexity index is 1420. The Balaban J connectivity index is 1.52. The van der Waals surface area contributed by atoms with Crippen molar-refractivity contribution in [3.05, 3.63) is 90.0 Å². The number of sulfonamides is 1. The summed E-state index contributed by atoms with van der Waals surface area (Å²) in [7, 11) is -2.26. The summed E-state index contributed by atoms with van der Waals surface area (Å²) < 4.78 is 37.9. The normalized spacial score (nSPS) is 14.2. The van der Waals surface area contributed by atoms with Crippen molar-refractivity contribution in [3.8, 4) is 11.5 Å². The fourth-order valence-corrected chi connectivity index (χ4v) is 5.82. The van der Waals surface area contributed by atoms with Gasteiger partial charge >= 0.3 is 0 Å². The van der Waals surface area contributed by atoms with Gasteiger partial charge < -0.3 is 19.7 Å². The van der Waals surface area contributed by atoms with Crippen LogP contribution in [-0.4, -0.2) is 57.1 Å². The van der Waals surface area contributed by atoms with Crippen molar-refractivity contribution in [1.29, 1.82) is 0 Å². The molecule has 3 aromatic rings. The molecule has 1 atom stereocenters. The molecule has 0 unspecified atom stereocenters. The van der Waals surface area contributed by atoms with E-state index in [1.807, 2.05) is 42.5 Å². The highest BCUT2D eigenvalue weighted by Gasteiger charge is 2.31. The quantitative estimate of drug-likeness (QED) is 0.313. The van der Waals surface area contributed by atoms with Gasteiger partial charge in [0.05, 0.1) is 19.1 Å². The van der Waals surface area contributed by atoms with E-state index < -0.39 is 28.5 Å². The third-order valence-electron chi connectivity index (χ3n) is 7.43. The van der Waals surface area contributed by atoms with Gasteiger partial charge in [0.15, 0.2) is 0 Å². The molecule has 0 saturated heterocycles. The fraction of sp³-hybridized carbons (Fsp3) is 0.375. The summed E-state index contributed by atoms with van der Waals surface area (Å²) in [4.78, 5) is 28.5. The van der Waals surface area contributed by atoms with E-state index in [1.54, 1.807) is 50.4 Å².